The van der Waals surface area contributed by atoms with Gasteiger partial charge in [0.2, 0.25) is 0 Å². The summed E-state index contributed by atoms with van der Waals surface area (Å²) >= 11 is 9.95. The third-order valence-electron chi connectivity index (χ3n) is 3.06. The first-order chi connectivity index (χ1) is 9.82. The van der Waals surface area contributed by atoms with E-state index in [0.717, 1.165) is 21.3 Å². The lowest BCUT2D eigenvalue weighted by atomic mass is 10.0. The highest BCUT2D eigenvalue weighted by Crippen LogP contribution is 2.36. The van der Waals surface area contributed by atoms with Gasteiger partial charge in [0.1, 0.15) is 5.75 Å². The van der Waals surface area contributed by atoms with Gasteiger partial charge in [-0.15, -0.1) is 11.6 Å². The molecule has 0 amide bonds. The topological polar surface area (TPSA) is 43.4 Å². The van der Waals surface area contributed by atoms with E-state index in [1.54, 1.807) is 25.3 Å². The third kappa shape index (κ3) is 3.78. The highest BCUT2D eigenvalue weighted by molar-refractivity contribution is 9.10. The van der Waals surface area contributed by atoms with E-state index in [2.05, 4.69) is 15.9 Å². The van der Waals surface area contributed by atoms with Crippen molar-refractivity contribution in [1.29, 1.82) is 0 Å². The maximum absolute atomic E-state index is 11.6. The number of methoxy groups -OCH3 is 1. The number of alkyl halides is 1. The molecule has 6 heteroatoms. The summed E-state index contributed by atoms with van der Waals surface area (Å²) in [5.41, 5.74) is 1.58. The van der Waals surface area contributed by atoms with Crippen LogP contribution in [-0.4, -0.2) is 21.8 Å². The van der Waals surface area contributed by atoms with Crippen LogP contribution in [-0.2, 0) is 9.84 Å². The molecule has 0 spiro atoms. The van der Waals surface area contributed by atoms with Gasteiger partial charge < -0.3 is 4.74 Å². The molecule has 2 aromatic rings. The van der Waals surface area contributed by atoms with E-state index in [0.29, 0.717) is 0 Å². The minimum Gasteiger partial charge on any atom is -0.497 e. The number of halogens is 2. The van der Waals surface area contributed by atoms with Crippen molar-refractivity contribution >= 4 is 37.4 Å². The Bertz CT molecular complexity index is 759. The van der Waals surface area contributed by atoms with Crippen molar-refractivity contribution in [3.8, 4) is 5.75 Å². The van der Waals surface area contributed by atoms with Crippen LogP contribution in [0, 0.1) is 0 Å². The molecule has 0 aliphatic carbocycles. The molecule has 0 bridgehead atoms. The van der Waals surface area contributed by atoms with E-state index < -0.39 is 15.2 Å². The zero-order chi connectivity index (χ0) is 15.6. The zero-order valence-corrected chi connectivity index (χ0v) is 14.7. The lowest BCUT2D eigenvalue weighted by molar-refractivity contribution is 0.414. The number of sulfone groups is 1. The highest BCUT2D eigenvalue weighted by atomic mass is 79.9. The summed E-state index contributed by atoms with van der Waals surface area (Å²) in [6.07, 6.45) is 1.18. The molecular weight excluding hydrogens is 376 g/mol. The number of hydrogen-bond donors (Lipinski definition) is 0. The summed E-state index contributed by atoms with van der Waals surface area (Å²) in [5.74, 6) is 0.722. The SMILES string of the molecule is COc1ccc(C(Cl)c2cccc(S(C)(=O)=O)c2)c(Br)c1. The van der Waals surface area contributed by atoms with E-state index in [1.807, 2.05) is 24.3 Å². The fourth-order valence-corrected chi connectivity index (χ4v) is 3.64. The van der Waals surface area contributed by atoms with Gasteiger partial charge in [-0.2, -0.15) is 0 Å². The predicted octanol–water partition coefficient (Wildman–Crippen LogP) is 4.19. The summed E-state index contributed by atoms with van der Waals surface area (Å²) in [6, 6.07) is 12.2. The van der Waals surface area contributed by atoms with Gasteiger partial charge in [0, 0.05) is 10.7 Å². The van der Waals surface area contributed by atoms with Crippen molar-refractivity contribution in [3.05, 3.63) is 58.1 Å². The second-order valence-electron chi connectivity index (χ2n) is 4.59. The van der Waals surface area contributed by atoms with Crippen molar-refractivity contribution in [3.63, 3.8) is 0 Å². The first kappa shape index (κ1) is 16.3. The monoisotopic (exact) mass is 388 g/mol. The maximum atomic E-state index is 11.6. The molecule has 3 nitrogen and oxygen atoms in total. The number of ether oxygens (including phenoxy) is 1. The van der Waals surface area contributed by atoms with E-state index in [4.69, 9.17) is 16.3 Å². The maximum Gasteiger partial charge on any atom is 0.175 e. The van der Waals surface area contributed by atoms with Crippen LogP contribution >= 0.6 is 27.5 Å². The predicted molar refractivity (Wildman–Crippen MR) is 87.9 cm³/mol. The van der Waals surface area contributed by atoms with Gasteiger partial charge in [-0.3, -0.25) is 0 Å². The fraction of sp³-hybridized carbons (Fsp3) is 0.200. The zero-order valence-electron chi connectivity index (χ0n) is 11.5. The molecule has 21 heavy (non-hydrogen) atoms. The smallest absolute Gasteiger partial charge is 0.175 e. The van der Waals surface area contributed by atoms with Crippen LogP contribution in [0.5, 0.6) is 5.75 Å². The molecule has 0 aliphatic rings. The summed E-state index contributed by atoms with van der Waals surface area (Å²) in [4.78, 5) is 0.260. The largest absolute Gasteiger partial charge is 0.497 e. The van der Waals surface area contributed by atoms with E-state index in [-0.39, 0.29) is 4.90 Å². The lowest BCUT2D eigenvalue weighted by Crippen LogP contribution is -2.00. The standard InChI is InChI=1S/C15H14BrClO3S/c1-20-11-6-7-13(14(16)9-11)15(17)10-4-3-5-12(8-10)21(2,18)19/h3-9,15H,1-2H3. The Morgan fingerprint density at radius 1 is 1.19 bits per heavy atom. The summed E-state index contributed by atoms with van der Waals surface area (Å²) < 4.78 is 29.2. The Morgan fingerprint density at radius 2 is 1.90 bits per heavy atom. The molecule has 2 rings (SSSR count). The van der Waals surface area contributed by atoms with E-state index >= 15 is 0 Å². The summed E-state index contributed by atoms with van der Waals surface area (Å²) in [7, 11) is -1.66. The van der Waals surface area contributed by atoms with Crippen LogP contribution in [0.2, 0.25) is 0 Å². The Hall–Kier alpha value is -1.04. The second-order valence-corrected chi connectivity index (χ2v) is 7.90. The van der Waals surface area contributed by atoms with Crippen molar-refractivity contribution in [2.45, 2.75) is 10.3 Å². The van der Waals surface area contributed by atoms with Gasteiger partial charge in [-0.1, -0.05) is 34.1 Å². The van der Waals surface area contributed by atoms with Crippen LogP contribution in [0.15, 0.2) is 51.8 Å². The van der Waals surface area contributed by atoms with Crippen LogP contribution in [0.1, 0.15) is 16.5 Å². The normalized spacial score (nSPS) is 13.0. The fourth-order valence-electron chi connectivity index (χ4n) is 1.92. The number of hydrogen-bond acceptors (Lipinski definition) is 3. The third-order valence-corrected chi connectivity index (χ3v) is 5.34. The molecule has 0 aromatic heterocycles. The average Bonchev–Trinajstić information content (AvgIpc) is 2.45. The van der Waals surface area contributed by atoms with Gasteiger partial charge in [-0.05, 0) is 35.4 Å². The second kappa shape index (κ2) is 6.38. The van der Waals surface area contributed by atoms with Crippen molar-refractivity contribution in [1.82, 2.24) is 0 Å². The van der Waals surface area contributed by atoms with Crippen LogP contribution in [0.4, 0.5) is 0 Å². The summed E-state index contributed by atoms with van der Waals surface area (Å²) in [6.45, 7) is 0. The van der Waals surface area contributed by atoms with Gasteiger partial charge in [-0.25, -0.2) is 8.42 Å². The van der Waals surface area contributed by atoms with Crippen molar-refractivity contribution in [2.24, 2.45) is 0 Å². The van der Waals surface area contributed by atoms with Gasteiger partial charge >= 0.3 is 0 Å². The number of rotatable bonds is 4. The Morgan fingerprint density at radius 3 is 2.48 bits per heavy atom. The minimum atomic E-state index is -3.25. The molecule has 1 unspecified atom stereocenters. The van der Waals surface area contributed by atoms with Crippen molar-refractivity contribution < 1.29 is 13.2 Å². The highest BCUT2D eigenvalue weighted by Gasteiger charge is 2.17. The molecule has 0 fully saturated rings. The van der Waals surface area contributed by atoms with Crippen molar-refractivity contribution in [2.75, 3.05) is 13.4 Å². The molecule has 1 atom stereocenters. The number of benzene rings is 2. The molecule has 0 radical (unpaired) electrons. The molecule has 112 valence electrons. The molecule has 0 saturated heterocycles. The van der Waals surface area contributed by atoms with E-state index in [1.165, 1.54) is 6.26 Å². The molecule has 0 saturated carbocycles. The Labute approximate surface area is 137 Å². The van der Waals surface area contributed by atoms with Crippen LogP contribution in [0.3, 0.4) is 0 Å². The molecule has 0 aliphatic heterocycles. The van der Waals surface area contributed by atoms with Crippen LogP contribution in [0.25, 0.3) is 0 Å². The summed E-state index contributed by atoms with van der Waals surface area (Å²) in [5, 5.41) is -0.452. The molecule has 0 heterocycles. The van der Waals surface area contributed by atoms with E-state index in [9.17, 15) is 8.42 Å². The van der Waals surface area contributed by atoms with Crippen LogP contribution < -0.4 is 4.74 Å². The molecular formula is C15H14BrClO3S. The Balaban J connectivity index is 2.43. The minimum absolute atomic E-state index is 0.260. The average molecular weight is 390 g/mol. The molecule has 0 N–H and O–H groups in total. The quantitative estimate of drug-likeness (QED) is 0.736. The lowest BCUT2D eigenvalue weighted by Gasteiger charge is -2.14. The first-order valence-corrected chi connectivity index (χ1v) is 9.22. The van der Waals surface area contributed by atoms with Gasteiger partial charge in [0.05, 0.1) is 17.4 Å². The van der Waals surface area contributed by atoms with Gasteiger partial charge in [0.25, 0.3) is 0 Å². The van der Waals surface area contributed by atoms with Gasteiger partial charge in [0.15, 0.2) is 9.84 Å². The Kier molecular flexibility index (Phi) is 4.96. The molecule has 2 aromatic carbocycles. The first-order valence-electron chi connectivity index (χ1n) is 6.10.